The molecule has 11 heavy (non-hydrogen) atoms. The standard InChI is InChI=1S/C7H10N2O2.H2/c1-3-7(10)8-6-4-5(2)11-9-6;/h4H,3H2,1-2H3,(H,8,9,10);1H. The molecular weight excluding hydrogens is 144 g/mol. The van der Waals surface area contributed by atoms with Crippen LogP contribution in [0.2, 0.25) is 0 Å². The van der Waals surface area contributed by atoms with Crippen LogP contribution in [-0.2, 0) is 4.79 Å². The van der Waals surface area contributed by atoms with Gasteiger partial charge in [0.15, 0.2) is 5.82 Å². The molecule has 0 radical (unpaired) electrons. The van der Waals surface area contributed by atoms with Gasteiger partial charge in [-0.2, -0.15) is 0 Å². The Balaban J connectivity index is 0.00000121. The van der Waals surface area contributed by atoms with Gasteiger partial charge < -0.3 is 9.84 Å². The molecule has 0 aromatic carbocycles. The molecule has 1 amide bonds. The van der Waals surface area contributed by atoms with Crippen molar-refractivity contribution >= 4 is 11.7 Å². The lowest BCUT2D eigenvalue weighted by atomic mass is 10.4. The first-order valence-electron chi connectivity index (χ1n) is 3.45. The second-order valence-electron chi connectivity index (χ2n) is 2.22. The summed E-state index contributed by atoms with van der Waals surface area (Å²) in [7, 11) is 0. The van der Waals surface area contributed by atoms with Crippen molar-refractivity contribution in [2.45, 2.75) is 20.3 Å². The zero-order chi connectivity index (χ0) is 8.27. The highest BCUT2D eigenvalue weighted by atomic mass is 16.5. The minimum absolute atomic E-state index is 0. The monoisotopic (exact) mass is 156 g/mol. The summed E-state index contributed by atoms with van der Waals surface area (Å²) in [6.07, 6.45) is 0.450. The molecule has 0 spiro atoms. The van der Waals surface area contributed by atoms with Gasteiger partial charge >= 0.3 is 0 Å². The summed E-state index contributed by atoms with van der Waals surface area (Å²) in [6.45, 7) is 3.55. The highest BCUT2D eigenvalue weighted by Gasteiger charge is 2.02. The van der Waals surface area contributed by atoms with E-state index in [1.807, 2.05) is 0 Å². The van der Waals surface area contributed by atoms with Crippen LogP contribution in [0.1, 0.15) is 20.5 Å². The summed E-state index contributed by atoms with van der Waals surface area (Å²) < 4.78 is 4.75. The van der Waals surface area contributed by atoms with E-state index in [0.29, 0.717) is 18.0 Å². The van der Waals surface area contributed by atoms with Gasteiger partial charge in [0.2, 0.25) is 5.91 Å². The number of anilines is 1. The van der Waals surface area contributed by atoms with E-state index < -0.39 is 0 Å². The molecule has 4 heteroatoms. The fraction of sp³-hybridized carbons (Fsp3) is 0.429. The fourth-order valence-corrected chi connectivity index (χ4v) is 0.657. The molecule has 4 nitrogen and oxygen atoms in total. The molecule has 0 fully saturated rings. The van der Waals surface area contributed by atoms with E-state index in [9.17, 15) is 4.79 Å². The summed E-state index contributed by atoms with van der Waals surface area (Å²) in [5.74, 6) is 1.11. The van der Waals surface area contributed by atoms with Crippen LogP contribution in [0.15, 0.2) is 10.6 Å². The molecular formula is C7H12N2O2. The van der Waals surface area contributed by atoms with Crippen LogP contribution < -0.4 is 5.32 Å². The fourth-order valence-electron chi connectivity index (χ4n) is 0.657. The van der Waals surface area contributed by atoms with E-state index >= 15 is 0 Å². The van der Waals surface area contributed by atoms with Crippen LogP contribution in [-0.4, -0.2) is 11.1 Å². The maximum Gasteiger partial charge on any atom is 0.225 e. The summed E-state index contributed by atoms with van der Waals surface area (Å²) in [6, 6.07) is 1.67. The third-order valence-corrected chi connectivity index (χ3v) is 1.22. The number of carbonyl (C=O) groups excluding carboxylic acids is 1. The van der Waals surface area contributed by atoms with Gasteiger partial charge in [-0.15, -0.1) is 0 Å². The smallest absolute Gasteiger partial charge is 0.225 e. The molecule has 62 valence electrons. The van der Waals surface area contributed by atoms with E-state index in [-0.39, 0.29) is 7.33 Å². The Hall–Kier alpha value is -1.32. The van der Waals surface area contributed by atoms with Crippen LogP contribution in [0.3, 0.4) is 0 Å². The van der Waals surface area contributed by atoms with Crippen molar-refractivity contribution in [3.8, 4) is 0 Å². The predicted molar refractivity (Wildman–Crippen MR) is 42.3 cm³/mol. The molecule has 0 aliphatic rings. The largest absolute Gasteiger partial charge is 0.360 e. The Bertz CT molecular complexity index is 260. The number of carbonyl (C=O) groups is 1. The zero-order valence-corrected chi connectivity index (χ0v) is 6.55. The number of hydrogen-bond acceptors (Lipinski definition) is 3. The van der Waals surface area contributed by atoms with Gasteiger partial charge in [-0.1, -0.05) is 12.1 Å². The summed E-state index contributed by atoms with van der Waals surface area (Å²) in [5, 5.41) is 6.17. The van der Waals surface area contributed by atoms with Crippen molar-refractivity contribution in [1.82, 2.24) is 5.16 Å². The summed E-state index contributed by atoms with van der Waals surface area (Å²) in [5.41, 5.74) is 0. The molecule has 0 saturated carbocycles. The van der Waals surface area contributed by atoms with Gasteiger partial charge in [0.05, 0.1) is 0 Å². The van der Waals surface area contributed by atoms with Crippen LogP contribution >= 0.6 is 0 Å². The molecule has 1 heterocycles. The van der Waals surface area contributed by atoms with Crippen molar-refractivity contribution < 1.29 is 10.7 Å². The Labute approximate surface area is 66.1 Å². The minimum atomic E-state index is -0.0571. The van der Waals surface area contributed by atoms with Crippen LogP contribution in [0.4, 0.5) is 5.82 Å². The number of rotatable bonds is 2. The molecule has 0 unspecified atom stereocenters. The first-order valence-corrected chi connectivity index (χ1v) is 3.45. The van der Waals surface area contributed by atoms with Gasteiger partial charge in [-0.05, 0) is 6.92 Å². The van der Waals surface area contributed by atoms with E-state index in [2.05, 4.69) is 10.5 Å². The zero-order valence-electron chi connectivity index (χ0n) is 6.55. The Morgan fingerprint density at radius 3 is 3.09 bits per heavy atom. The molecule has 0 atom stereocenters. The number of nitrogens with zero attached hydrogens (tertiary/aromatic N) is 1. The van der Waals surface area contributed by atoms with Crippen molar-refractivity contribution in [1.29, 1.82) is 0 Å². The average Bonchev–Trinajstić information content (AvgIpc) is 2.35. The molecule has 0 bridgehead atoms. The molecule has 0 saturated heterocycles. The second kappa shape index (κ2) is 3.18. The normalized spacial score (nSPS) is 9.64. The highest BCUT2D eigenvalue weighted by Crippen LogP contribution is 2.06. The Morgan fingerprint density at radius 1 is 1.91 bits per heavy atom. The number of aromatic nitrogens is 1. The lowest BCUT2D eigenvalue weighted by Crippen LogP contribution is -2.09. The van der Waals surface area contributed by atoms with Crippen molar-refractivity contribution in [2.24, 2.45) is 0 Å². The number of hydrogen-bond donors (Lipinski definition) is 1. The third-order valence-electron chi connectivity index (χ3n) is 1.22. The van der Waals surface area contributed by atoms with Crippen LogP contribution in [0, 0.1) is 6.92 Å². The van der Waals surface area contributed by atoms with Crippen LogP contribution in [0.5, 0.6) is 0 Å². The summed E-state index contributed by atoms with van der Waals surface area (Å²) >= 11 is 0. The molecule has 1 N–H and O–H groups in total. The Morgan fingerprint density at radius 2 is 2.64 bits per heavy atom. The first-order chi connectivity index (χ1) is 5.22. The van der Waals surface area contributed by atoms with Crippen molar-refractivity contribution in [2.75, 3.05) is 5.32 Å². The maximum absolute atomic E-state index is 10.8. The highest BCUT2D eigenvalue weighted by molar-refractivity contribution is 5.89. The lowest BCUT2D eigenvalue weighted by molar-refractivity contribution is -0.115. The van der Waals surface area contributed by atoms with Gasteiger partial charge in [-0.3, -0.25) is 4.79 Å². The van der Waals surface area contributed by atoms with Crippen LogP contribution in [0.25, 0.3) is 0 Å². The summed E-state index contributed by atoms with van der Waals surface area (Å²) in [4.78, 5) is 10.8. The van der Waals surface area contributed by atoms with Crippen molar-refractivity contribution in [3.05, 3.63) is 11.8 Å². The number of aryl methyl sites for hydroxylation is 1. The van der Waals surface area contributed by atoms with Gasteiger partial charge in [0, 0.05) is 13.9 Å². The number of amides is 1. The van der Waals surface area contributed by atoms with E-state index in [4.69, 9.17) is 4.52 Å². The Kier molecular flexibility index (Phi) is 2.25. The first kappa shape index (κ1) is 7.78. The van der Waals surface area contributed by atoms with E-state index in [0.717, 1.165) is 0 Å². The topological polar surface area (TPSA) is 55.1 Å². The minimum Gasteiger partial charge on any atom is -0.360 e. The van der Waals surface area contributed by atoms with E-state index in [1.54, 1.807) is 19.9 Å². The average molecular weight is 156 g/mol. The quantitative estimate of drug-likeness (QED) is 0.707. The third kappa shape index (κ3) is 2.07. The molecule has 1 aromatic heterocycles. The van der Waals surface area contributed by atoms with Crippen molar-refractivity contribution in [3.63, 3.8) is 0 Å². The molecule has 1 rings (SSSR count). The maximum atomic E-state index is 10.8. The lowest BCUT2D eigenvalue weighted by Gasteiger charge is -1.94. The number of nitrogens with one attached hydrogen (secondary N) is 1. The molecule has 1 aromatic rings. The van der Waals surface area contributed by atoms with Gasteiger partial charge in [-0.25, -0.2) is 0 Å². The second-order valence-corrected chi connectivity index (χ2v) is 2.22. The predicted octanol–water partition coefficient (Wildman–Crippen LogP) is 1.58. The molecule has 0 aliphatic carbocycles. The van der Waals surface area contributed by atoms with E-state index in [1.165, 1.54) is 0 Å². The SMILES string of the molecule is CCC(=O)Nc1cc(C)on1.[HH]. The van der Waals surface area contributed by atoms with Gasteiger partial charge in [0.1, 0.15) is 5.76 Å². The van der Waals surface area contributed by atoms with Gasteiger partial charge in [0.25, 0.3) is 0 Å². The molecule has 0 aliphatic heterocycles.